The summed E-state index contributed by atoms with van der Waals surface area (Å²) < 4.78 is 2.46. The number of rotatable bonds is 1. The number of hydrogen-bond donors (Lipinski definition) is 0. The number of nitrogens with zero attached hydrogens (tertiary/aromatic N) is 3. The summed E-state index contributed by atoms with van der Waals surface area (Å²) in [6.07, 6.45) is 5.43. The summed E-state index contributed by atoms with van der Waals surface area (Å²) in [5.74, 6) is 0. The minimum Gasteiger partial charge on any atom is -0.318 e. The molecule has 3 aromatic rings. The molecule has 0 fully saturated rings. The van der Waals surface area contributed by atoms with Crippen LogP contribution in [0.3, 0.4) is 0 Å². The van der Waals surface area contributed by atoms with Crippen molar-refractivity contribution in [3.63, 3.8) is 0 Å². The fourth-order valence-electron chi connectivity index (χ4n) is 3.98. The summed E-state index contributed by atoms with van der Waals surface area (Å²) >= 11 is 1.87. The lowest BCUT2D eigenvalue weighted by Gasteiger charge is -2.24. The van der Waals surface area contributed by atoms with Gasteiger partial charge < -0.3 is 9.47 Å². The standard InChI is InChI=1S/C21H21N3S/c1-13-8-16-17-11-23(3)7-6-18(17)24-12-20(25-19(9-13)21(16)24)15-5-4-14(2)22-10-15/h4-5,8-10,12H,6-7,11H2,1-3H3. The topological polar surface area (TPSA) is 21.1 Å². The van der Waals surface area contributed by atoms with Gasteiger partial charge in [-0.25, -0.2) is 0 Å². The third-order valence-electron chi connectivity index (χ3n) is 5.24. The molecule has 2 aromatic heterocycles. The lowest BCUT2D eigenvalue weighted by atomic mass is 10.0. The van der Waals surface area contributed by atoms with Gasteiger partial charge in [0.2, 0.25) is 0 Å². The van der Waals surface area contributed by atoms with Crippen molar-refractivity contribution in [1.29, 1.82) is 0 Å². The van der Waals surface area contributed by atoms with E-state index in [0.29, 0.717) is 0 Å². The molecule has 0 aliphatic carbocycles. The van der Waals surface area contributed by atoms with Gasteiger partial charge in [-0.3, -0.25) is 4.98 Å². The van der Waals surface area contributed by atoms with Crippen LogP contribution in [0.15, 0.2) is 35.4 Å². The molecule has 2 aliphatic heterocycles. The highest BCUT2D eigenvalue weighted by molar-refractivity contribution is 8.08. The molecule has 0 unspecified atom stereocenters. The Morgan fingerprint density at radius 2 is 2.04 bits per heavy atom. The van der Waals surface area contributed by atoms with Crippen molar-refractivity contribution in [1.82, 2.24) is 14.5 Å². The highest BCUT2D eigenvalue weighted by Crippen LogP contribution is 2.46. The Hall–Kier alpha value is -2.04. The van der Waals surface area contributed by atoms with E-state index in [1.54, 1.807) is 0 Å². The van der Waals surface area contributed by atoms with Gasteiger partial charge in [-0.15, -0.1) is 0 Å². The number of aromatic nitrogens is 2. The Morgan fingerprint density at radius 1 is 1.16 bits per heavy atom. The van der Waals surface area contributed by atoms with Crippen LogP contribution in [0.2, 0.25) is 0 Å². The van der Waals surface area contributed by atoms with E-state index in [1.165, 1.54) is 43.1 Å². The van der Waals surface area contributed by atoms with Crippen molar-refractivity contribution in [2.45, 2.75) is 31.7 Å². The highest BCUT2D eigenvalue weighted by atomic mass is 32.2. The molecule has 126 valence electrons. The summed E-state index contributed by atoms with van der Waals surface area (Å²) in [5, 5.41) is 1.43. The molecule has 4 heterocycles. The monoisotopic (exact) mass is 347 g/mol. The minimum atomic E-state index is 1.04. The molecule has 0 amide bonds. The third kappa shape index (κ3) is 2.35. The predicted octanol–water partition coefficient (Wildman–Crippen LogP) is 4.70. The summed E-state index contributed by atoms with van der Waals surface area (Å²) in [7, 11) is 2.22. The summed E-state index contributed by atoms with van der Waals surface area (Å²) in [4.78, 5) is 9.56. The zero-order valence-corrected chi connectivity index (χ0v) is 15.7. The molecule has 1 aromatic carbocycles. The van der Waals surface area contributed by atoms with Crippen molar-refractivity contribution in [3.8, 4) is 0 Å². The van der Waals surface area contributed by atoms with E-state index in [9.17, 15) is 0 Å². The van der Waals surface area contributed by atoms with Crippen LogP contribution in [0.4, 0.5) is 0 Å². The van der Waals surface area contributed by atoms with Crippen molar-refractivity contribution in [2.75, 3.05) is 13.6 Å². The molecule has 0 N–H and O–H groups in total. The maximum absolute atomic E-state index is 4.49. The zero-order valence-electron chi connectivity index (χ0n) is 14.8. The zero-order chi connectivity index (χ0) is 17.1. The Balaban J connectivity index is 1.76. The van der Waals surface area contributed by atoms with E-state index < -0.39 is 0 Å². The van der Waals surface area contributed by atoms with E-state index in [1.807, 2.05) is 24.9 Å². The van der Waals surface area contributed by atoms with Crippen LogP contribution in [-0.2, 0) is 13.0 Å². The van der Waals surface area contributed by atoms with E-state index in [-0.39, 0.29) is 0 Å². The summed E-state index contributed by atoms with van der Waals surface area (Å²) in [6, 6.07) is 8.97. The molecular formula is C21H21N3S. The van der Waals surface area contributed by atoms with Gasteiger partial charge in [0.15, 0.2) is 0 Å². The molecule has 0 saturated heterocycles. The summed E-state index contributed by atoms with van der Waals surface area (Å²) in [6.45, 7) is 6.41. The van der Waals surface area contributed by atoms with E-state index >= 15 is 0 Å². The first kappa shape index (κ1) is 15.2. The van der Waals surface area contributed by atoms with Gasteiger partial charge in [0.05, 0.1) is 5.52 Å². The molecular weight excluding hydrogens is 326 g/mol. The largest absolute Gasteiger partial charge is 0.318 e. The van der Waals surface area contributed by atoms with Gasteiger partial charge in [0, 0.05) is 64.0 Å². The fourth-order valence-corrected chi connectivity index (χ4v) is 5.17. The first-order valence-electron chi connectivity index (χ1n) is 8.77. The first-order valence-corrected chi connectivity index (χ1v) is 9.59. The number of pyridine rings is 1. The van der Waals surface area contributed by atoms with E-state index in [0.717, 1.165) is 25.2 Å². The van der Waals surface area contributed by atoms with Crippen molar-refractivity contribution in [2.24, 2.45) is 0 Å². The first-order chi connectivity index (χ1) is 12.1. The lowest BCUT2D eigenvalue weighted by molar-refractivity contribution is 0.312. The molecule has 0 spiro atoms. The Morgan fingerprint density at radius 3 is 2.84 bits per heavy atom. The van der Waals surface area contributed by atoms with Gasteiger partial charge >= 0.3 is 0 Å². The van der Waals surface area contributed by atoms with Crippen LogP contribution < -0.4 is 0 Å². The number of aryl methyl sites for hydroxylation is 2. The summed E-state index contributed by atoms with van der Waals surface area (Å²) in [5.41, 5.74) is 7.98. The van der Waals surface area contributed by atoms with E-state index in [2.05, 4.69) is 58.9 Å². The van der Waals surface area contributed by atoms with Crippen LogP contribution >= 0.6 is 11.8 Å². The Kier molecular flexibility index (Phi) is 3.34. The Bertz CT molecular complexity index is 1030. The molecule has 5 rings (SSSR count). The predicted molar refractivity (Wildman–Crippen MR) is 106 cm³/mol. The SMILES string of the molecule is Cc1cc2c3c(c1)c1c(n3C=C(c3ccc(C)nc3)S2)CCN(C)C1. The van der Waals surface area contributed by atoms with Gasteiger partial charge in [-0.2, -0.15) is 0 Å². The van der Waals surface area contributed by atoms with Crippen LogP contribution in [-0.4, -0.2) is 28.0 Å². The molecule has 2 aliphatic rings. The van der Waals surface area contributed by atoms with Gasteiger partial charge in [0.25, 0.3) is 0 Å². The number of benzene rings is 1. The van der Waals surface area contributed by atoms with Crippen molar-refractivity contribution in [3.05, 3.63) is 58.5 Å². The van der Waals surface area contributed by atoms with Crippen molar-refractivity contribution >= 4 is 33.8 Å². The highest BCUT2D eigenvalue weighted by Gasteiger charge is 2.26. The number of fused-ring (bicyclic) bond motifs is 3. The second-order valence-corrected chi connectivity index (χ2v) is 8.31. The molecule has 3 nitrogen and oxygen atoms in total. The van der Waals surface area contributed by atoms with Crippen LogP contribution in [0.1, 0.15) is 28.1 Å². The van der Waals surface area contributed by atoms with Gasteiger partial charge in [-0.05, 0) is 50.2 Å². The number of hydrogen-bond acceptors (Lipinski definition) is 3. The minimum absolute atomic E-state index is 1.04. The van der Waals surface area contributed by atoms with E-state index in [4.69, 9.17) is 0 Å². The molecule has 0 atom stereocenters. The van der Waals surface area contributed by atoms with Crippen LogP contribution in [0, 0.1) is 13.8 Å². The molecule has 0 bridgehead atoms. The van der Waals surface area contributed by atoms with Gasteiger partial charge in [0.1, 0.15) is 0 Å². The van der Waals surface area contributed by atoms with Crippen LogP contribution in [0.5, 0.6) is 0 Å². The number of likely N-dealkylation sites (N-methyl/N-ethyl adjacent to an activating group) is 1. The number of thioether (sulfide) groups is 1. The lowest BCUT2D eigenvalue weighted by Crippen LogP contribution is -2.26. The fraction of sp³-hybridized carbons (Fsp3) is 0.286. The molecule has 4 heteroatoms. The normalized spacial score (nSPS) is 16.8. The third-order valence-corrected chi connectivity index (χ3v) is 6.34. The second-order valence-electron chi connectivity index (χ2n) is 7.23. The molecule has 0 radical (unpaired) electrons. The quantitative estimate of drug-likeness (QED) is 0.636. The average Bonchev–Trinajstić information content (AvgIpc) is 2.89. The average molecular weight is 347 g/mol. The second kappa shape index (κ2) is 5.48. The molecule has 25 heavy (non-hydrogen) atoms. The van der Waals surface area contributed by atoms with Crippen molar-refractivity contribution < 1.29 is 0 Å². The maximum atomic E-state index is 4.49. The Labute approximate surface area is 152 Å². The maximum Gasteiger partial charge on any atom is 0.0669 e. The smallest absolute Gasteiger partial charge is 0.0669 e. The van der Waals surface area contributed by atoms with Gasteiger partial charge in [-0.1, -0.05) is 17.8 Å². The molecule has 0 saturated carbocycles. The van der Waals surface area contributed by atoms with Crippen LogP contribution in [0.25, 0.3) is 22.0 Å².